The Morgan fingerprint density at radius 2 is 2.24 bits per heavy atom. The van der Waals surface area contributed by atoms with Gasteiger partial charge < -0.3 is 10.3 Å². The van der Waals surface area contributed by atoms with Crippen molar-refractivity contribution in [3.63, 3.8) is 0 Å². The van der Waals surface area contributed by atoms with Crippen LogP contribution in [-0.2, 0) is 9.84 Å². The predicted octanol–water partition coefficient (Wildman–Crippen LogP) is 0.148. The van der Waals surface area contributed by atoms with Gasteiger partial charge in [0.2, 0.25) is 0 Å². The molecule has 0 aliphatic carbocycles. The molecule has 0 radical (unpaired) electrons. The number of rotatable bonds is 3. The summed E-state index contributed by atoms with van der Waals surface area (Å²) >= 11 is 0. The molecule has 1 atom stereocenters. The number of nitrogens with zero attached hydrogens (tertiary/aromatic N) is 3. The molecule has 2 rings (SSSR count). The van der Waals surface area contributed by atoms with Gasteiger partial charge in [0.25, 0.3) is 5.89 Å². The van der Waals surface area contributed by atoms with Gasteiger partial charge in [-0.15, -0.1) is 0 Å². The summed E-state index contributed by atoms with van der Waals surface area (Å²) in [6.07, 6.45) is 2.54. The largest absolute Gasteiger partial charge is 0.383 e. The summed E-state index contributed by atoms with van der Waals surface area (Å²) in [5.41, 5.74) is 6.03. The lowest BCUT2D eigenvalue weighted by atomic mass is 10.3. The van der Waals surface area contributed by atoms with Crippen LogP contribution < -0.4 is 5.73 Å². The number of hydrogen-bond acceptors (Lipinski definition) is 7. The predicted molar refractivity (Wildman–Crippen MR) is 59.6 cm³/mol. The van der Waals surface area contributed by atoms with Crippen LogP contribution in [0.2, 0.25) is 0 Å². The lowest BCUT2D eigenvalue weighted by Crippen LogP contribution is -2.09. The number of nitrogen functional groups attached to an aromatic ring is 1. The number of aromatic nitrogens is 4. The first-order valence-corrected chi connectivity index (χ1v) is 6.66. The average Bonchev–Trinajstić information content (AvgIpc) is 2.83. The van der Waals surface area contributed by atoms with Crippen LogP contribution in [0.15, 0.2) is 10.7 Å². The molecule has 2 heterocycles. The maximum Gasteiger partial charge on any atom is 0.263 e. The number of nitrogens with one attached hydrogen (secondary N) is 1. The molecule has 0 aromatic carbocycles. The first kappa shape index (κ1) is 11.6. The zero-order chi connectivity index (χ0) is 12.6. The van der Waals surface area contributed by atoms with Gasteiger partial charge in [0.05, 0.1) is 6.20 Å². The van der Waals surface area contributed by atoms with Gasteiger partial charge in [0, 0.05) is 6.26 Å². The van der Waals surface area contributed by atoms with Crippen LogP contribution in [0.25, 0.3) is 11.5 Å². The summed E-state index contributed by atoms with van der Waals surface area (Å²) in [5, 5.41) is 9.01. The van der Waals surface area contributed by atoms with Crippen molar-refractivity contribution >= 4 is 15.7 Å². The molecule has 0 fully saturated rings. The Morgan fingerprint density at radius 3 is 2.76 bits per heavy atom. The van der Waals surface area contributed by atoms with E-state index in [2.05, 4.69) is 20.3 Å². The summed E-state index contributed by atoms with van der Waals surface area (Å²) in [6.45, 7) is 1.49. The fourth-order valence-corrected chi connectivity index (χ4v) is 1.65. The molecule has 0 aliphatic rings. The van der Waals surface area contributed by atoms with Crippen LogP contribution in [-0.4, -0.2) is 35.0 Å². The summed E-state index contributed by atoms with van der Waals surface area (Å²) in [6, 6.07) is 0. The minimum Gasteiger partial charge on any atom is -0.383 e. The number of hydrogen-bond donors (Lipinski definition) is 2. The van der Waals surface area contributed by atoms with E-state index in [4.69, 9.17) is 10.3 Å². The molecule has 9 heteroatoms. The highest BCUT2D eigenvalue weighted by atomic mass is 32.2. The summed E-state index contributed by atoms with van der Waals surface area (Å²) in [7, 11) is -3.26. The lowest BCUT2D eigenvalue weighted by Gasteiger charge is -2.01. The Bertz CT molecular complexity index is 629. The molecule has 1 unspecified atom stereocenters. The topological polar surface area (TPSA) is 128 Å². The number of nitrogens with two attached hydrogens (primary N) is 1. The van der Waals surface area contributed by atoms with Gasteiger partial charge in [-0.1, -0.05) is 5.16 Å². The average molecular weight is 257 g/mol. The molecule has 92 valence electrons. The zero-order valence-electron chi connectivity index (χ0n) is 9.21. The van der Waals surface area contributed by atoms with Gasteiger partial charge in [-0.25, -0.2) is 8.42 Å². The molecule has 2 aromatic rings. The second kappa shape index (κ2) is 3.84. The number of aromatic amines is 1. The highest BCUT2D eigenvalue weighted by molar-refractivity contribution is 7.90. The Morgan fingerprint density at radius 1 is 1.53 bits per heavy atom. The van der Waals surface area contributed by atoms with Crippen LogP contribution in [0, 0.1) is 0 Å². The van der Waals surface area contributed by atoms with Crippen molar-refractivity contribution in [1.82, 2.24) is 20.3 Å². The molecule has 2 aromatic heterocycles. The molecule has 0 spiro atoms. The second-order valence-electron chi connectivity index (χ2n) is 3.63. The first-order chi connectivity index (χ1) is 7.89. The van der Waals surface area contributed by atoms with Crippen molar-refractivity contribution in [3.05, 3.63) is 12.0 Å². The molecule has 0 saturated carbocycles. The summed E-state index contributed by atoms with van der Waals surface area (Å²) in [5.74, 6) is 0.525. The molecule has 17 heavy (non-hydrogen) atoms. The second-order valence-corrected chi connectivity index (χ2v) is 5.99. The molecule has 8 nitrogen and oxygen atoms in total. The molecule has 0 saturated heterocycles. The third-order valence-electron chi connectivity index (χ3n) is 2.35. The molecule has 3 N–H and O–H groups in total. The third kappa shape index (κ3) is 2.13. The van der Waals surface area contributed by atoms with Gasteiger partial charge in [-0.05, 0) is 6.92 Å². The maximum absolute atomic E-state index is 11.3. The lowest BCUT2D eigenvalue weighted by molar-refractivity contribution is 0.422. The monoisotopic (exact) mass is 257 g/mol. The SMILES string of the molecule is CC(c1noc(-c2cn[nH]c2N)n1)S(C)(=O)=O. The highest BCUT2D eigenvalue weighted by Crippen LogP contribution is 2.25. The first-order valence-electron chi connectivity index (χ1n) is 4.71. The Labute approximate surface area is 97.1 Å². The van der Waals surface area contributed by atoms with Gasteiger partial charge in [-0.3, -0.25) is 5.10 Å². The van der Waals surface area contributed by atoms with E-state index in [9.17, 15) is 8.42 Å². The van der Waals surface area contributed by atoms with Crippen molar-refractivity contribution < 1.29 is 12.9 Å². The normalized spacial score (nSPS) is 13.8. The number of H-pyrrole nitrogens is 1. The van der Waals surface area contributed by atoms with E-state index in [0.29, 0.717) is 5.56 Å². The summed E-state index contributed by atoms with van der Waals surface area (Å²) < 4.78 is 27.6. The van der Waals surface area contributed by atoms with Gasteiger partial charge in [-0.2, -0.15) is 10.1 Å². The molecule has 0 aliphatic heterocycles. The highest BCUT2D eigenvalue weighted by Gasteiger charge is 2.24. The minimum atomic E-state index is -3.26. The van der Waals surface area contributed by atoms with Gasteiger partial charge >= 0.3 is 0 Å². The van der Waals surface area contributed by atoms with E-state index in [1.807, 2.05) is 0 Å². The van der Waals surface area contributed by atoms with Crippen molar-refractivity contribution in [2.45, 2.75) is 12.2 Å². The van der Waals surface area contributed by atoms with Crippen molar-refractivity contribution in [2.75, 3.05) is 12.0 Å². The van der Waals surface area contributed by atoms with Crippen LogP contribution >= 0.6 is 0 Å². The molecule has 0 amide bonds. The van der Waals surface area contributed by atoms with Crippen LogP contribution in [0.1, 0.15) is 18.0 Å². The zero-order valence-corrected chi connectivity index (χ0v) is 10.0. The van der Waals surface area contributed by atoms with E-state index in [1.165, 1.54) is 13.1 Å². The third-order valence-corrected chi connectivity index (χ3v) is 3.84. The fraction of sp³-hybridized carbons (Fsp3) is 0.375. The van der Waals surface area contributed by atoms with Crippen molar-refractivity contribution in [2.24, 2.45) is 0 Å². The van der Waals surface area contributed by atoms with Crippen LogP contribution in [0.5, 0.6) is 0 Å². The summed E-state index contributed by atoms with van der Waals surface area (Å²) in [4.78, 5) is 3.98. The van der Waals surface area contributed by atoms with Gasteiger partial charge in [0.15, 0.2) is 15.7 Å². The number of sulfone groups is 1. The smallest absolute Gasteiger partial charge is 0.263 e. The van der Waals surface area contributed by atoms with E-state index in [-0.39, 0.29) is 17.5 Å². The van der Waals surface area contributed by atoms with E-state index >= 15 is 0 Å². The molecular formula is C8H11N5O3S. The quantitative estimate of drug-likeness (QED) is 0.800. The Hall–Kier alpha value is -1.90. The standard InChI is InChI=1S/C8H11N5O3S/c1-4(17(2,14)15)7-11-8(16-13-7)5-3-10-12-6(5)9/h3-4H,1-2H3,(H3,9,10,12). The minimum absolute atomic E-state index is 0.100. The Kier molecular flexibility index (Phi) is 2.62. The molecule has 0 bridgehead atoms. The Balaban J connectivity index is 2.38. The number of anilines is 1. The fourth-order valence-electron chi connectivity index (χ4n) is 1.17. The van der Waals surface area contributed by atoms with Crippen LogP contribution in [0.3, 0.4) is 0 Å². The van der Waals surface area contributed by atoms with E-state index in [1.54, 1.807) is 0 Å². The van der Waals surface area contributed by atoms with Crippen molar-refractivity contribution in [1.29, 1.82) is 0 Å². The van der Waals surface area contributed by atoms with Crippen molar-refractivity contribution in [3.8, 4) is 11.5 Å². The van der Waals surface area contributed by atoms with E-state index < -0.39 is 15.1 Å². The molecular weight excluding hydrogens is 246 g/mol. The van der Waals surface area contributed by atoms with Crippen LogP contribution in [0.4, 0.5) is 5.82 Å². The maximum atomic E-state index is 11.3. The van der Waals surface area contributed by atoms with Gasteiger partial charge in [0.1, 0.15) is 16.6 Å². The van der Waals surface area contributed by atoms with E-state index in [0.717, 1.165) is 6.26 Å².